The van der Waals surface area contributed by atoms with E-state index in [1.165, 1.54) is 29.5 Å². The van der Waals surface area contributed by atoms with Crippen molar-refractivity contribution in [2.45, 2.75) is 45.1 Å². The first-order valence-electron chi connectivity index (χ1n) is 9.53. The van der Waals surface area contributed by atoms with Crippen molar-refractivity contribution in [2.75, 3.05) is 0 Å². The molecular weight excluding hydrogens is 358 g/mol. The van der Waals surface area contributed by atoms with Gasteiger partial charge in [0.2, 0.25) is 5.91 Å². The van der Waals surface area contributed by atoms with Crippen molar-refractivity contribution in [3.8, 4) is 0 Å². The number of imidazole rings is 1. The molecule has 1 aliphatic carbocycles. The lowest BCUT2D eigenvalue weighted by Crippen LogP contribution is -2.27. The fourth-order valence-corrected chi connectivity index (χ4v) is 4.10. The Bertz CT molecular complexity index is 1010. The molecule has 0 saturated carbocycles. The van der Waals surface area contributed by atoms with Crippen LogP contribution in [0.5, 0.6) is 0 Å². The lowest BCUT2D eigenvalue weighted by molar-refractivity contribution is -0.121. The third-order valence-electron chi connectivity index (χ3n) is 5.51. The van der Waals surface area contributed by atoms with Crippen molar-refractivity contribution < 1.29 is 4.79 Å². The van der Waals surface area contributed by atoms with E-state index in [9.17, 15) is 4.79 Å². The third kappa shape index (κ3) is 3.72. The summed E-state index contributed by atoms with van der Waals surface area (Å²) < 4.78 is 2.03. The molecule has 1 aliphatic rings. The van der Waals surface area contributed by atoms with Crippen LogP contribution in [0, 0.1) is 0 Å². The maximum absolute atomic E-state index is 12.4. The lowest BCUT2D eigenvalue weighted by atomic mass is 10.0. The number of nitrogens with one attached hydrogen (secondary N) is 1. The summed E-state index contributed by atoms with van der Waals surface area (Å²) in [6, 6.07) is 12.3. The van der Waals surface area contributed by atoms with E-state index in [0.29, 0.717) is 17.9 Å². The largest absolute Gasteiger partial charge is 0.350 e. The Labute approximate surface area is 164 Å². The molecule has 2 aromatic carbocycles. The SMILES string of the molecule is CC(NC(=O)CCc1nc2cc(Cl)ccc2n1C)c1ccc2c(c1)CCC2. The monoisotopic (exact) mass is 381 g/mol. The van der Waals surface area contributed by atoms with Crippen molar-refractivity contribution in [1.29, 1.82) is 0 Å². The number of amides is 1. The normalized spacial score (nSPS) is 14.3. The third-order valence-corrected chi connectivity index (χ3v) is 5.75. The van der Waals surface area contributed by atoms with E-state index in [0.717, 1.165) is 23.3 Å². The minimum Gasteiger partial charge on any atom is -0.350 e. The summed E-state index contributed by atoms with van der Waals surface area (Å²) in [6.45, 7) is 2.05. The van der Waals surface area contributed by atoms with Crippen LogP contribution in [-0.4, -0.2) is 15.5 Å². The van der Waals surface area contributed by atoms with Crippen LogP contribution in [0.15, 0.2) is 36.4 Å². The second kappa shape index (κ2) is 7.35. The zero-order valence-electron chi connectivity index (χ0n) is 15.8. The van der Waals surface area contributed by atoms with Gasteiger partial charge in [-0.1, -0.05) is 29.8 Å². The molecule has 1 unspecified atom stereocenters. The summed E-state index contributed by atoms with van der Waals surface area (Å²) in [5, 5.41) is 3.80. The van der Waals surface area contributed by atoms with Crippen molar-refractivity contribution >= 4 is 28.5 Å². The predicted octanol–water partition coefficient (Wildman–Crippen LogP) is 4.53. The standard InChI is InChI=1S/C22H24ClN3O/c1-14(16-7-6-15-4-3-5-17(15)12-16)24-22(27)11-10-21-25-19-13-18(23)8-9-20(19)26(21)2/h6-9,12-14H,3-5,10-11H2,1-2H3,(H,24,27). The second-order valence-corrected chi connectivity index (χ2v) is 7.83. The van der Waals surface area contributed by atoms with Crippen LogP contribution in [0.3, 0.4) is 0 Å². The first-order valence-corrected chi connectivity index (χ1v) is 9.91. The Morgan fingerprint density at radius 2 is 2.04 bits per heavy atom. The van der Waals surface area contributed by atoms with Gasteiger partial charge < -0.3 is 9.88 Å². The first kappa shape index (κ1) is 18.1. The molecule has 0 fully saturated rings. The molecule has 0 saturated heterocycles. The molecule has 5 heteroatoms. The Morgan fingerprint density at radius 1 is 1.22 bits per heavy atom. The van der Waals surface area contributed by atoms with E-state index >= 15 is 0 Å². The van der Waals surface area contributed by atoms with Gasteiger partial charge in [-0.05, 0) is 61.1 Å². The molecule has 0 radical (unpaired) electrons. The minimum absolute atomic E-state index is 0.0163. The van der Waals surface area contributed by atoms with Gasteiger partial charge in [0.05, 0.1) is 17.1 Å². The summed E-state index contributed by atoms with van der Waals surface area (Å²) in [7, 11) is 1.98. The van der Waals surface area contributed by atoms with Crippen LogP contribution in [-0.2, 0) is 31.1 Å². The molecule has 4 rings (SSSR count). The number of hydrogen-bond donors (Lipinski definition) is 1. The van der Waals surface area contributed by atoms with Crippen LogP contribution in [0.2, 0.25) is 5.02 Å². The molecule has 3 aromatic rings. The zero-order valence-corrected chi connectivity index (χ0v) is 16.5. The van der Waals surface area contributed by atoms with Gasteiger partial charge in [-0.25, -0.2) is 4.98 Å². The van der Waals surface area contributed by atoms with Gasteiger partial charge in [-0.15, -0.1) is 0 Å². The number of nitrogens with zero attached hydrogens (tertiary/aromatic N) is 2. The smallest absolute Gasteiger partial charge is 0.220 e. The van der Waals surface area contributed by atoms with E-state index < -0.39 is 0 Å². The molecule has 1 heterocycles. The van der Waals surface area contributed by atoms with Crippen molar-refractivity contribution in [1.82, 2.24) is 14.9 Å². The molecule has 1 aromatic heterocycles. The Hall–Kier alpha value is -2.33. The fraction of sp³-hybridized carbons (Fsp3) is 0.364. The van der Waals surface area contributed by atoms with E-state index in [2.05, 4.69) is 28.5 Å². The maximum Gasteiger partial charge on any atom is 0.220 e. The second-order valence-electron chi connectivity index (χ2n) is 7.39. The summed E-state index contributed by atoms with van der Waals surface area (Å²) in [5.41, 5.74) is 5.97. The van der Waals surface area contributed by atoms with Gasteiger partial charge in [-0.3, -0.25) is 4.79 Å². The number of aryl methyl sites for hydroxylation is 4. The highest BCUT2D eigenvalue weighted by molar-refractivity contribution is 6.31. The average Bonchev–Trinajstić information content (AvgIpc) is 3.23. The number of hydrogen-bond acceptors (Lipinski definition) is 2. The van der Waals surface area contributed by atoms with Gasteiger partial charge in [0, 0.05) is 24.9 Å². The van der Waals surface area contributed by atoms with Gasteiger partial charge in [0.25, 0.3) is 0 Å². The topological polar surface area (TPSA) is 46.9 Å². The van der Waals surface area contributed by atoms with Gasteiger partial charge >= 0.3 is 0 Å². The van der Waals surface area contributed by atoms with Crippen molar-refractivity contribution in [2.24, 2.45) is 7.05 Å². The summed E-state index contributed by atoms with van der Waals surface area (Å²) in [6.07, 6.45) is 4.59. The van der Waals surface area contributed by atoms with Crippen LogP contribution >= 0.6 is 11.6 Å². The molecule has 140 valence electrons. The number of benzene rings is 2. The quantitative estimate of drug-likeness (QED) is 0.706. The molecule has 27 heavy (non-hydrogen) atoms. The molecular formula is C22H24ClN3O. The lowest BCUT2D eigenvalue weighted by Gasteiger charge is -2.15. The number of rotatable bonds is 5. The highest BCUT2D eigenvalue weighted by Gasteiger charge is 2.16. The number of carbonyl (C=O) groups is 1. The van der Waals surface area contributed by atoms with Crippen LogP contribution in [0.1, 0.15) is 48.3 Å². The number of fused-ring (bicyclic) bond motifs is 2. The molecule has 4 nitrogen and oxygen atoms in total. The molecule has 0 bridgehead atoms. The van der Waals surface area contributed by atoms with E-state index in [-0.39, 0.29) is 11.9 Å². The maximum atomic E-state index is 12.4. The number of halogens is 1. The Morgan fingerprint density at radius 3 is 2.89 bits per heavy atom. The predicted molar refractivity (Wildman–Crippen MR) is 109 cm³/mol. The molecule has 1 atom stereocenters. The highest BCUT2D eigenvalue weighted by atomic mass is 35.5. The van der Waals surface area contributed by atoms with E-state index in [1.807, 2.05) is 36.7 Å². The van der Waals surface area contributed by atoms with Crippen molar-refractivity contribution in [3.05, 3.63) is 63.9 Å². The van der Waals surface area contributed by atoms with Crippen LogP contribution in [0.25, 0.3) is 11.0 Å². The number of aromatic nitrogens is 2. The van der Waals surface area contributed by atoms with Gasteiger partial charge in [-0.2, -0.15) is 0 Å². The highest BCUT2D eigenvalue weighted by Crippen LogP contribution is 2.25. The van der Waals surface area contributed by atoms with Gasteiger partial charge in [0.15, 0.2) is 0 Å². The van der Waals surface area contributed by atoms with E-state index in [1.54, 1.807) is 0 Å². The van der Waals surface area contributed by atoms with Crippen molar-refractivity contribution in [3.63, 3.8) is 0 Å². The van der Waals surface area contributed by atoms with Gasteiger partial charge in [0.1, 0.15) is 5.82 Å². The molecule has 0 spiro atoms. The average molecular weight is 382 g/mol. The first-order chi connectivity index (χ1) is 13.0. The Balaban J connectivity index is 1.39. The minimum atomic E-state index is 0.0163. The zero-order chi connectivity index (χ0) is 19.0. The molecule has 0 aliphatic heterocycles. The Kier molecular flexibility index (Phi) is 4.92. The van der Waals surface area contributed by atoms with E-state index in [4.69, 9.17) is 11.6 Å². The number of carbonyl (C=O) groups excluding carboxylic acids is 1. The fourth-order valence-electron chi connectivity index (χ4n) is 3.93. The summed E-state index contributed by atoms with van der Waals surface area (Å²) in [4.78, 5) is 17.1. The molecule has 1 amide bonds. The molecule has 1 N–H and O–H groups in total. The van der Waals surface area contributed by atoms with Crippen LogP contribution < -0.4 is 5.32 Å². The van der Waals surface area contributed by atoms with Crippen LogP contribution in [0.4, 0.5) is 0 Å². The summed E-state index contributed by atoms with van der Waals surface area (Å²) in [5.74, 6) is 0.945. The summed E-state index contributed by atoms with van der Waals surface area (Å²) >= 11 is 6.05.